The van der Waals surface area contributed by atoms with Crippen molar-refractivity contribution in [1.82, 2.24) is 9.55 Å². The van der Waals surface area contributed by atoms with E-state index in [0.29, 0.717) is 23.7 Å². The SMILES string of the molecule is COc1ccc2c(c1)nc(-c1ccc(OC(F)(F)F)cc1)n2Cc1ccc2ccccc2c1. The number of hydrogen-bond acceptors (Lipinski definition) is 3. The maximum atomic E-state index is 12.5. The summed E-state index contributed by atoms with van der Waals surface area (Å²) in [6, 6.07) is 25.8. The van der Waals surface area contributed by atoms with Crippen LogP contribution in [0.15, 0.2) is 84.9 Å². The second-order valence-electron chi connectivity index (χ2n) is 7.63. The predicted octanol–water partition coefficient (Wildman–Crippen LogP) is 6.81. The van der Waals surface area contributed by atoms with Crippen LogP contribution in [0.25, 0.3) is 33.2 Å². The van der Waals surface area contributed by atoms with Crippen LogP contribution < -0.4 is 9.47 Å². The molecule has 1 heterocycles. The van der Waals surface area contributed by atoms with E-state index in [4.69, 9.17) is 9.72 Å². The number of imidazole rings is 1. The molecule has 0 aliphatic carbocycles. The average Bonchev–Trinajstić information content (AvgIpc) is 3.16. The summed E-state index contributed by atoms with van der Waals surface area (Å²) < 4.78 is 49.0. The summed E-state index contributed by atoms with van der Waals surface area (Å²) in [6.45, 7) is 0.545. The van der Waals surface area contributed by atoms with E-state index in [0.717, 1.165) is 27.4 Å². The molecule has 0 saturated heterocycles. The summed E-state index contributed by atoms with van der Waals surface area (Å²) in [5.74, 6) is 1.05. The fourth-order valence-corrected chi connectivity index (χ4v) is 3.94. The zero-order valence-corrected chi connectivity index (χ0v) is 17.6. The Morgan fingerprint density at radius 3 is 2.27 bits per heavy atom. The molecule has 166 valence electrons. The zero-order valence-electron chi connectivity index (χ0n) is 17.6. The van der Waals surface area contributed by atoms with E-state index in [1.54, 1.807) is 19.2 Å². The lowest BCUT2D eigenvalue weighted by Gasteiger charge is -2.12. The van der Waals surface area contributed by atoms with Crippen LogP contribution in [0.4, 0.5) is 13.2 Å². The third kappa shape index (κ3) is 4.35. The summed E-state index contributed by atoms with van der Waals surface area (Å²) in [5, 5.41) is 2.29. The highest BCUT2D eigenvalue weighted by Crippen LogP contribution is 2.31. The highest BCUT2D eigenvalue weighted by molar-refractivity contribution is 5.84. The van der Waals surface area contributed by atoms with Gasteiger partial charge in [-0.25, -0.2) is 4.98 Å². The second kappa shape index (κ2) is 8.16. The van der Waals surface area contributed by atoms with Crippen LogP contribution in [0.5, 0.6) is 11.5 Å². The van der Waals surface area contributed by atoms with Crippen molar-refractivity contribution in [2.45, 2.75) is 12.9 Å². The Hall–Kier alpha value is -4.00. The van der Waals surface area contributed by atoms with E-state index in [1.165, 1.54) is 12.1 Å². The Labute approximate surface area is 187 Å². The number of aromatic nitrogens is 2. The van der Waals surface area contributed by atoms with Crippen LogP contribution in [-0.2, 0) is 6.54 Å². The molecule has 5 aromatic rings. The minimum Gasteiger partial charge on any atom is -0.497 e. The van der Waals surface area contributed by atoms with Crippen LogP contribution in [-0.4, -0.2) is 23.0 Å². The first kappa shape index (κ1) is 20.9. The molecule has 7 heteroatoms. The van der Waals surface area contributed by atoms with Crippen molar-refractivity contribution in [3.63, 3.8) is 0 Å². The summed E-state index contributed by atoms with van der Waals surface area (Å²) in [5.41, 5.74) is 3.40. The number of methoxy groups -OCH3 is 1. The van der Waals surface area contributed by atoms with Crippen LogP contribution in [0.3, 0.4) is 0 Å². The average molecular weight is 448 g/mol. The summed E-state index contributed by atoms with van der Waals surface area (Å²) in [4.78, 5) is 4.77. The molecule has 0 amide bonds. The highest BCUT2D eigenvalue weighted by atomic mass is 19.4. The van der Waals surface area contributed by atoms with Crippen LogP contribution in [0, 0.1) is 0 Å². The van der Waals surface area contributed by atoms with Crippen molar-refractivity contribution >= 4 is 21.8 Å². The van der Waals surface area contributed by atoms with Gasteiger partial charge in [-0.15, -0.1) is 13.2 Å². The normalized spacial score (nSPS) is 11.8. The van der Waals surface area contributed by atoms with Gasteiger partial charge in [-0.05, 0) is 58.8 Å². The maximum absolute atomic E-state index is 12.5. The number of nitrogens with zero attached hydrogens (tertiary/aromatic N) is 2. The Morgan fingerprint density at radius 2 is 1.55 bits per heavy atom. The number of hydrogen-bond donors (Lipinski definition) is 0. The van der Waals surface area contributed by atoms with Crippen LogP contribution >= 0.6 is 0 Å². The van der Waals surface area contributed by atoms with Crippen molar-refractivity contribution in [3.05, 3.63) is 90.5 Å². The van der Waals surface area contributed by atoms with Gasteiger partial charge in [0.05, 0.1) is 18.1 Å². The van der Waals surface area contributed by atoms with Gasteiger partial charge in [0, 0.05) is 18.2 Å². The monoisotopic (exact) mass is 448 g/mol. The standard InChI is InChI=1S/C26H19F3N2O2/c1-32-22-12-13-24-23(15-22)30-25(19-8-10-21(11-9-19)33-26(27,28)29)31(24)16-17-6-7-18-4-2-3-5-20(18)14-17/h2-15H,16H2,1H3. The Balaban J connectivity index is 1.59. The molecular formula is C26H19F3N2O2. The predicted molar refractivity (Wildman–Crippen MR) is 121 cm³/mol. The van der Waals surface area contributed by atoms with Gasteiger partial charge in [-0.3, -0.25) is 0 Å². The van der Waals surface area contributed by atoms with E-state index in [2.05, 4.69) is 39.6 Å². The molecule has 0 aliphatic rings. The van der Waals surface area contributed by atoms with E-state index < -0.39 is 6.36 Å². The third-order valence-corrected chi connectivity index (χ3v) is 5.46. The number of rotatable bonds is 5. The minimum absolute atomic E-state index is 0.273. The number of halogens is 3. The third-order valence-electron chi connectivity index (χ3n) is 5.46. The van der Waals surface area contributed by atoms with Crippen molar-refractivity contribution in [2.75, 3.05) is 7.11 Å². The number of alkyl halides is 3. The fraction of sp³-hybridized carbons (Fsp3) is 0.115. The molecule has 0 N–H and O–H groups in total. The number of fused-ring (bicyclic) bond motifs is 2. The van der Waals surface area contributed by atoms with Gasteiger partial charge < -0.3 is 14.0 Å². The van der Waals surface area contributed by atoms with Gasteiger partial charge in [0.2, 0.25) is 0 Å². The Kier molecular flexibility index (Phi) is 5.17. The lowest BCUT2D eigenvalue weighted by Crippen LogP contribution is -2.16. The molecule has 0 unspecified atom stereocenters. The Bertz CT molecular complexity index is 1440. The summed E-state index contributed by atoms with van der Waals surface area (Å²) in [6.07, 6.45) is -4.73. The number of ether oxygens (including phenoxy) is 2. The lowest BCUT2D eigenvalue weighted by molar-refractivity contribution is -0.274. The summed E-state index contributed by atoms with van der Waals surface area (Å²) >= 11 is 0. The molecule has 33 heavy (non-hydrogen) atoms. The van der Waals surface area contributed by atoms with Crippen LogP contribution in [0.2, 0.25) is 0 Å². The quantitative estimate of drug-likeness (QED) is 0.296. The molecule has 0 aliphatic heterocycles. The van der Waals surface area contributed by atoms with Gasteiger partial charge in [-0.1, -0.05) is 36.4 Å². The fourth-order valence-electron chi connectivity index (χ4n) is 3.94. The van der Waals surface area contributed by atoms with Gasteiger partial charge >= 0.3 is 6.36 Å². The summed E-state index contributed by atoms with van der Waals surface area (Å²) in [7, 11) is 1.59. The number of benzene rings is 4. The Morgan fingerprint density at radius 1 is 0.818 bits per heavy atom. The van der Waals surface area contributed by atoms with E-state index in [1.807, 2.05) is 30.3 Å². The van der Waals surface area contributed by atoms with Gasteiger partial charge in [-0.2, -0.15) is 0 Å². The minimum atomic E-state index is -4.73. The second-order valence-corrected chi connectivity index (χ2v) is 7.63. The molecule has 0 atom stereocenters. The zero-order chi connectivity index (χ0) is 23.0. The van der Waals surface area contributed by atoms with Gasteiger partial charge in [0.1, 0.15) is 17.3 Å². The molecule has 0 saturated carbocycles. The van der Waals surface area contributed by atoms with Gasteiger partial charge in [0.25, 0.3) is 0 Å². The lowest BCUT2D eigenvalue weighted by atomic mass is 10.1. The topological polar surface area (TPSA) is 36.3 Å². The van der Waals surface area contributed by atoms with Crippen molar-refractivity contribution < 1.29 is 22.6 Å². The molecule has 0 fully saturated rings. The molecular weight excluding hydrogens is 429 g/mol. The molecule has 5 rings (SSSR count). The van der Waals surface area contributed by atoms with E-state index >= 15 is 0 Å². The molecule has 4 nitrogen and oxygen atoms in total. The molecule has 1 aromatic heterocycles. The highest BCUT2D eigenvalue weighted by Gasteiger charge is 2.31. The van der Waals surface area contributed by atoms with Crippen molar-refractivity contribution in [1.29, 1.82) is 0 Å². The van der Waals surface area contributed by atoms with Crippen molar-refractivity contribution in [2.24, 2.45) is 0 Å². The molecule has 0 bridgehead atoms. The first-order chi connectivity index (χ1) is 15.9. The first-order valence-corrected chi connectivity index (χ1v) is 10.3. The molecule has 4 aromatic carbocycles. The van der Waals surface area contributed by atoms with Crippen LogP contribution in [0.1, 0.15) is 5.56 Å². The van der Waals surface area contributed by atoms with Gasteiger partial charge in [0.15, 0.2) is 0 Å². The largest absolute Gasteiger partial charge is 0.573 e. The molecule has 0 radical (unpaired) electrons. The van der Waals surface area contributed by atoms with E-state index in [-0.39, 0.29) is 5.75 Å². The smallest absolute Gasteiger partial charge is 0.497 e. The van der Waals surface area contributed by atoms with E-state index in [9.17, 15) is 13.2 Å². The maximum Gasteiger partial charge on any atom is 0.573 e. The van der Waals surface area contributed by atoms with Crippen molar-refractivity contribution in [3.8, 4) is 22.9 Å². The first-order valence-electron chi connectivity index (χ1n) is 10.3. The molecule has 0 spiro atoms.